The maximum atomic E-state index is 13.3. The van der Waals surface area contributed by atoms with Gasteiger partial charge in [-0.05, 0) is 26.0 Å². The minimum absolute atomic E-state index is 0.0378. The molecule has 3 N–H and O–H groups in total. The molecule has 0 aliphatic carbocycles. The fraction of sp³-hybridized carbons (Fsp3) is 0.462. The second kappa shape index (κ2) is 7.37. The molecule has 1 aromatic rings. The number of halogens is 1. The van der Waals surface area contributed by atoms with Gasteiger partial charge in [0.15, 0.2) is 0 Å². The number of benzene rings is 1. The zero-order valence-corrected chi connectivity index (χ0v) is 12.9. The number of amides is 1. The van der Waals surface area contributed by atoms with Gasteiger partial charge in [0.2, 0.25) is 15.9 Å². The van der Waals surface area contributed by atoms with E-state index < -0.39 is 21.5 Å². The third kappa shape index (κ3) is 4.40. The van der Waals surface area contributed by atoms with Gasteiger partial charge in [-0.1, -0.05) is 6.07 Å². The molecule has 21 heavy (non-hydrogen) atoms. The second-order valence-corrected chi connectivity index (χ2v) is 6.10. The fourth-order valence-corrected chi connectivity index (χ4v) is 3.03. The highest BCUT2D eigenvalue weighted by Gasteiger charge is 2.19. The number of carbonyl (C=O) groups excluding carboxylic acids is 1. The van der Waals surface area contributed by atoms with Crippen LogP contribution in [0.25, 0.3) is 0 Å². The Bertz CT molecular complexity index is 601. The zero-order valence-electron chi connectivity index (χ0n) is 12.1. The van der Waals surface area contributed by atoms with Crippen LogP contribution in [0.1, 0.15) is 20.3 Å². The summed E-state index contributed by atoms with van der Waals surface area (Å²) in [6, 6.07) is 3.56. The monoisotopic (exact) mass is 317 g/mol. The van der Waals surface area contributed by atoms with Crippen molar-refractivity contribution in [2.75, 3.05) is 25.4 Å². The molecule has 1 amide bonds. The number of para-hydroxylation sites is 1. The van der Waals surface area contributed by atoms with E-state index in [9.17, 15) is 17.6 Å². The molecule has 0 unspecified atom stereocenters. The number of rotatable bonds is 7. The van der Waals surface area contributed by atoms with Crippen molar-refractivity contribution >= 4 is 21.6 Å². The highest BCUT2D eigenvalue weighted by Crippen LogP contribution is 2.20. The molecule has 0 saturated carbocycles. The average Bonchev–Trinajstić information content (AvgIpc) is 2.42. The molecule has 8 heteroatoms. The van der Waals surface area contributed by atoms with Gasteiger partial charge in [0.1, 0.15) is 10.7 Å². The summed E-state index contributed by atoms with van der Waals surface area (Å²) in [4.78, 5) is 13.0. The Morgan fingerprint density at radius 1 is 1.33 bits per heavy atom. The van der Waals surface area contributed by atoms with E-state index in [0.717, 1.165) is 6.07 Å². The summed E-state index contributed by atoms with van der Waals surface area (Å²) < 4.78 is 39.6. The first-order valence-electron chi connectivity index (χ1n) is 6.64. The lowest BCUT2D eigenvalue weighted by molar-refractivity contribution is -0.130. The molecule has 0 spiro atoms. The zero-order chi connectivity index (χ0) is 16.0. The minimum Gasteiger partial charge on any atom is -0.395 e. The number of anilines is 1. The van der Waals surface area contributed by atoms with Gasteiger partial charge in [-0.2, -0.15) is 0 Å². The maximum absolute atomic E-state index is 13.3. The number of carbonyl (C=O) groups is 1. The molecule has 0 heterocycles. The van der Waals surface area contributed by atoms with E-state index >= 15 is 0 Å². The maximum Gasteiger partial charge on any atom is 0.242 e. The summed E-state index contributed by atoms with van der Waals surface area (Å²) in [6.07, 6.45) is 0.0378. The van der Waals surface area contributed by atoms with Crippen LogP contribution in [0, 0.1) is 5.82 Å². The number of nitrogens with two attached hydrogens (primary N) is 1. The summed E-state index contributed by atoms with van der Waals surface area (Å²) >= 11 is 0. The Labute approximate surface area is 124 Å². The van der Waals surface area contributed by atoms with E-state index in [1.165, 1.54) is 12.1 Å². The molecular formula is C13H20FN3O3S. The van der Waals surface area contributed by atoms with E-state index in [0.29, 0.717) is 13.1 Å². The molecule has 0 fully saturated rings. The standard InChI is InChI=1S/C13H20FN3O3S/c1-3-17(4-2)12(18)8-9-16-21(19,20)11-7-5-6-10(14)13(11)15/h5-7,16H,3-4,8-9,15H2,1-2H3. The van der Waals surface area contributed by atoms with Gasteiger partial charge in [0.25, 0.3) is 0 Å². The van der Waals surface area contributed by atoms with Gasteiger partial charge in [-0.3, -0.25) is 4.79 Å². The molecule has 0 saturated heterocycles. The van der Waals surface area contributed by atoms with Crippen LogP contribution in [0.2, 0.25) is 0 Å². The first-order chi connectivity index (χ1) is 9.83. The van der Waals surface area contributed by atoms with Crippen molar-refractivity contribution in [2.45, 2.75) is 25.2 Å². The van der Waals surface area contributed by atoms with Crippen LogP contribution in [0.3, 0.4) is 0 Å². The van der Waals surface area contributed by atoms with Crippen molar-refractivity contribution in [1.82, 2.24) is 9.62 Å². The Balaban J connectivity index is 2.70. The molecule has 6 nitrogen and oxygen atoms in total. The first-order valence-corrected chi connectivity index (χ1v) is 8.13. The highest BCUT2D eigenvalue weighted by molar-refractivity contribution is 7.89. The van der Waals surface area contributed by atoms with Crippen molar-refractivity contribution in [3.05, 3.63) is 24.0 Å². The van der Waals surface area contributed by atoms with E-state index in [2.05, 4.69) is 4.72 Å². The minimum atomic E-state index is -3.93. The lowest BCUT2D eigenvalue weighted by Crippen LogP contribution is -2.34. The Morgan fingerprint density at radius 3 is 2.52 bits per heavy atom. The van der Waals surface area contributed by atoms with Gasteiger partial charge in [0, 0.05) is 26.1 Å². The molecule has 1 rings (SSSR count). The summed E-state index contributed by atoms with van der Waals surface area (Å²) in [6.45, 7) is 4.77. The molecule has 1 aromatic carbocycles. The quantitative estimate of drug-likeness (QED) is 0.732. The van der Waals surface area contributed by atoms with Crippen LogP contribution in [0.5, 0.6) is 0 Å². The Kier molecular flexibility index (Phi) is 6.10. The SMILES string of the molecule is CCN(CC)C(=O)CCNS(=O)(=O)c1cccc(F)c1N. The van der Waals surface area contributed by atoms with E-state index in [1.807, 2.05) is 13.8 Å². The molecule has 0 aromatic heterocycles. The van der Waals surface area contributed by atoms with Gasteiger partial charge >= 0.3 is 0 Å². The van der Waals surface area contributed by atoms with Crippen LogP contribution in [-0.4, -0.2) is 38.9 Å². The normalized spacial score (nSPS) is 11.4. The number of nitrogens with one attached hydrogen (secondary N) is 1. The van der Waals surface area contributed by atoms with Crippen LogP contribution in [-0.2, 0) is 14.8 Å². The number of nitrogens with zero attached hydrogens (tertiary/aromatic N) is 1. The summed E-state index contributed by atoms with van der Waals surface area (Å²) in [5.74, 6) is -0.938. The molecule has 118 valence electrons. The highest BCUT2D eigenvalue weighted by atomic mass is 32.2. The van der Waals surface area contributed by atoms with Crippen LogP contribution in [0.15, 0.2) is 23.1 Å². The van der Waals surface area contributed by atoms with Gasteiger partial charge in [0.05, 0.1) is 5.69 Å². The van der Waals surface area contributed by atoms with E-state index in [4.69, 9.17) is 5.73 Å². The Hall–Kier alpha value is -1.67. The summed E-state index contributed by atoms with van der Waals surface area (Å²) in [5, 5.41) is 0. The van der Waals surface area contributed by atoms with Crippen LogP contribution in [0.4, 0.5) is 10.1 Å². The molecule has 0 bridgehead atoms. The van der Waals surface area contributed by atoms with Crippen molar-refractivity contribution < 1.29 is 17.6 Å². The molecule has 0 radical (unpaired) electrons. The molecule has 0 aliphatic rings. The molecular weight excluding hydrogens is 297 g/mol. The fourth-order valence-electron chi connectivity index (χ4n) is 1.86. The predicted octanol–water partition coefficient (Wildman–Crippen LogP) is 0.945. The smallest absolute Gasteiger partial charge is 0.242 e. The van der Waals surface area contributed by atoms with Gasteiger partial charge in [-0.25, -0.2) is 17.5 Å². The van der Waals surface area contributed by atoms with Crippen molar-refractivity contribution in [3.8, 4) is 0 Å². The van der Waals surface area contributed by atoms with Crippen molar-refractivity contribution in [2.24, 2.45) is 0 Å². The Morgan fingerprint density at radius 2 is 1.95 bits per heavy atom. The van der Waals surface area contributed by atoms with Crippen LogP contribution >= 0.6 is 0 Å². The predicted molar refractivity (Wildman–Crippen MR) is 78.5 cm³/mol. The molecule has 0 atom stereocenters. The third-order valence-electron chi connectivity index (χ3n) is 3.05. The lowest BCUT2D eigenvalue weighted by atomic mass is 10.3. The van der Waals surface area contributed by atoms with Gasteiger partial charge < -0.3 is 10.6 Å². The summed E-state index contributed by atoms with van der Waals surface area (Å²) in [7, 11) is -3.93. The third-order valence-corrected chi connectivity index (χ3v) is 4.57. The van der Waals surface area contributed by atoms with Gasteiger partial charge in [-0.15, -0.1) is 0 Å². The molecule has 0 aliphatic heterocycles. The second-order valence-electron chi connectivity index (χ2n) is 4.37. The lowest BCUT2D eigenvalue weighted by Gasteiger charge is -2.18. The number of sulfonamides is 1. The first kappa shape index (κ1) is 17.4. The van der Waals surface area contributed by atoms with Crippen LogP contribution < -0.4 is 10.5 Å². The van der Waals surface area contributed by atoms with Crippen molar-refractivity contribution in [3.63, 3.8) is 0 Å². The average molecular weight is 317 g/mol. The summed E-state index contributed by atoms with van der Waals surface area (Å²) in [5.41, 5.74) is 4.99. The van der Waals surface area contributed by atoms with Crippen molar-refractivity contribution in [1.29, 1.82) is 0 Å². The number of nitrogen functional groups attached to an aromatic ring is 1. The van der Waals surface area contributed by atoms with E-state index in [-0.39, 0.29) is 23.8 Å². The topological polar surface area (TPSA) is 92.5 Å². The largest absolute Gasteiger partial charge is 0.395 e. The number of hydrogen-bond acceptors (Lipinski definition) is 4. The van der Waals surface area contributed by atoms with E-state index in [1.54, 1.807) is 4.90 Å². The number of hydrogen-bond donors (Lipinski definition) is 2.